The third-order valence-corrected chi connectivity index (χ3v) is 3.87. The van der Waals surface area contributed by atoms with Crippen LogP contribution in [0.1, 0.15) is 12.8 Å². The van der Waals surface area contributed by atoms with Gasteiger partial charge in [0.05, 0.1) is 10.7 Å². The third kappa shape index (κ3) is 3.05. The predicted octanol–water partition coefficient (Wildman–Crippen LogP) is 3.78. The minimum absolute atomic E-state index is 0.286. The molecule has 0 N–H and O–H groups in total. The highest BCUT2D eigenvalue weighted by molar-refractivity contribution is 6.33. The molecular weight excluding hydrogens is 272 g/mol. The van der Waals surface area contributed by atoms with Crippen molar-refractivity contribution in [2.45, 2.75) is 18.9 Å². The summed E-state index contributed by atoms with van der Waals surface area (Å²) in [5.41, 5.74) is 1.07. The fourth-order valence-electron chi connectivity index (χ4n) is 2.53. The van der Waals surface area contributed by atoms with Gasteiger partial charge in [0, 0.05) is 38.3 Å². The largest absolute Gasteiger partial charge is 0.490 e. The van der Waals surface area contributed by atoms with Gasteiger partial charge in [0.15, 0.2) is 0 Å². The van der Waals surface area contributed by atoms with E-state index in [1.807, 2.05) is 36.4 Å². The van der Waals surface area contributed by atoms with Gasteiger partial charge in [-0.25, -0.2) is 0 Å². The van der Waals surface area contributed by atoms with E-state index in [0.717, 1.165) is 42.4 Å². The smallest absolute Gasteiger partial charge is 0.119 e. The van der Waals surface area contributed by atoms with Gasteiger partial charge in [-0.1, -0.05) is 29.8 Å². The average molecular weight is 289 g/mol. The van der Waals surface area contributed by atoms with Crippen molar-refractivity contribution >= 4 is 17.3 Å². The number of pyridine rings is 1. The zero-order chi connectivity index (χ0) is 13.8. The summed E-state index contributed by atoms with van der Waals surface area (Å²) < 4.78 is 6.00. The van der Waals surface area contributed by atoms with Crippen LogP contribution in [0, 0.1) is 0 Å². The number of para-hydroxylation sites is 1. The van der Waals surface area contributed by atoms with E-state index in [1.54, 1.807) is 12.4 Å². The number of benzene rings is 1. The lowest BCUT2D eigenvalue weighted by atomic mass is 10.1. The first-order valence-electron chi connectivity index (χ1n) is 6.89. The Bertz CT molecular complexity index is 553. The first-order chi connectivity index (χ1) is 9.83. The second kappa shape index (κ2) is 6.14. The molecule has 104 valence electrons. The first kappa shape index (κ1) is 13.3. The molecule has 3 rings (SSSR count). The molecule has 3 nitrogen and oxygen atoms in total. The van der Waals surface area contributed by atoms with E-state index in [1.165, 1.54) is 0 Å². The molecule has 1 aliphatic heterocycles. The molecule has 0 aliphatic carbocycles. The Hall–Kier alpha value is -1.74. The topological polar surface area (TPSA) is 25.4 Å². The zero-order valence-corrected chi connectivity index (χ0v) is 12.0. The van der Waals surface area contributed by atoms with E-state index in [9.17, 15) is 0 Å². The summed E-state index contributed by atoms with van der Waals surface area (Å²) in [6.07, 6.45) is 5.78. The number of ether oxygens (including phenoxy) is 1. The van der Waals surface area contributed by atoms with Crippen molar-refractivity contribution in [3.63, 3.8) is 0 Å². The highest BCUT2D eigenvalue weighted by Crippen LogP contribution is 2.28. The number of hydrogen-bond acceptors (Lipinski definition) is 3. The SMILES string of the molecule is Clc1cnccc1N1CCC(Oc2ccccc2)CC1. The summed E-state index contributed by atoms with van der Waals surface area (Å²) in [5.74, 6) is 0.952. The molecule has 0 radical (unpaired) electrons. The fraction of sp³-hybridized carbons (Fsp3) is 0.312. The Balaban J connectivity index is 1.59. The van der Waals surface area contributed by atoms with Crippen molar-refractivity contribution in [2.24, 2.45) is 0 Å². The molecule has 4 heteroatoms. The molecule has 1 aromatic heterocycles. The number of halogens is 1. The van der Waals surface area contributed by atoms with E-state index in [4.69, 9.17) is 16.3 Å². The van der Waals surface area contributed by atoms with Gasteiger partial charge < -0.3 is 9.64 Å². The van der Waals surface area contributed by atoms with Gasteiger partial charge in [-0.15, -0.1) is 0 Å². The molecular formula is C16H17ClN2O. The second-order valence-corrected chi connectivity index (χ2v) is 5.35. The van der Waals surface area contributed by atoms with Crippen LogP contribution in [0.5, 0.6) is 5.75 Å². The van der Waals surface area contributed by atoms with Crippen molar-refractivity contribution in [1.29, 1.82) is 0 Å². The molecule has 1 aromatic carbocycles. The Labute approximate surface area is 124 Å². The molecule has 2 aromatic rings. The summed E-state index contributed by atoms with van der Waals surface area (Å²) in [6.45, 7) is 1.92. The fourth-order valence-corrected chi connectivity index (χ4v) is 2.77. The van der Waals surface area contributed by atoms with E-state index in [2.05, 4.69) is 9.88 Å². The van der Waals surface area contributed by atoms with Gasteiger partial charge in [-0.05, 0) is 18.2 Å². The average Bonchev–Trinajstić information content (AvgIpc) is 2.50. The molecule has 0 atom stereocenters. The minimum atomic E-state index is 0.286. The van der Waals surface area contributed by atoms with E-state index in [-0.39, 0.29) is 6.10 Å². The lowest BCUT2D eigenvalue weighted by molar-refractivity contribution is 0.171. The van der Waals surface area contributed by atoms with Crippen molar-refractivity contribution in [3.05, 3.63) is 53.8 Å². The lowest BCUT2D eigenvalue weighted by Gasteiger charge is -2.34. The van der Waals surface area contributed by atoms with Gasteiger partial charge >= 0.3 is 0 Å². The van der Waals surface area contributed by atoms with Crippen molar-refractivity contribution in [2.75, 3.05) is 18.0 Å². The monoisotopic (exact) mass is 288 g/mol. The molecule has 2 heterocycles. The molecule has 1 saturated heterocycles. The Kier molecular flexibility index (Phi) is 4.07. The van der Waals surface area contributed by atoms with Gasteiger partial charge in [0.2, 0.25) is 0 Å². The Morgan fingerprint density at radius 1 is 1.10 bits per heavy atom. The highest BCUT2D eigenvalue weighted by Gasteiger charge is 2.21. The number of aromatic nitrogens is 1. The number of hydrogen-bond donors (Lipinski definition) is 0. The van der Waals surface area contributed by atoms with Crippen LogP contribution in [0.4, 0.5) is 5.69 Å². The zero-order valence-electron chi connectivity index (χ0n) is 11.2. The molecule has 0 unspecified atom stereocenters. The molecule has 0 bridgehead atoms. The van der Waals surface area contributed by atoms with E-state index in [0.29, 0.717) is 0 Å². The molecule has 0 spiro atoms. The van der Waals surface area contributed by atoms with Crippen LogP contribution in [0.2, 0.25) is 5.02 Å². The number of rotatable bonds is 3. The Morgan fingerprint density at radius 2 is 1.85 bits per heavy atom. The van der Waals surface area contributed by atoms with Crippen molar-refractivity contribution in [3.8, 4) is 5.75 Å². The van der Waals surface area contributed by atoms with Gasteiger partial charge in [0.1, 0.15) is 11.9 Å². The molecule has 0 amide bonds. The van der Waals surface area contributed by atoms with Crippen molar-refractivity contribution < 1.29 is 4.74 Å². The van der Waals surface area contributed by atoms with Crippen LogP contribution in [0.25, 0.3) is 0 Å². The standard InChI is InChI=1S/C16H17ClN2O/c17-15-12-18-9-6-16(15)19-10-7-14(8-11-19)20-13-4-2-1-3-5-13/h1-6,9,12,14H,7-8,10-11H2. The van der Waals surface area contributed by atoms with E-state index < -0.39 is 0 Å². The van der Waals surface area contributed by atoms with Crippen LogP contribution in [0.15, 0.2) is 48.8 Å². The number of piperidine rings is 1. The number of anilines is 1. The first-order valence-corrected chi connectivity index (χ1v) is 7.27. The normalized spacial score (nSPS) is 16.1. The van der Waals surface area contributed by atoms with Crippen LogP contribution in [-0.2, 0) is 0 Å². The summed E-state index contributed by atoms with van der Waals surface area (Å²) in [7, 11) is 0. The number of nitrogens with zero attached hydrogens (tertiary/aromatic N) is 2. The lowest BCUT2D eigenvalue weighted by Crippen LogP contribution is -2.38. The van der Waals surface area contributed by atoms with Crippen LogP contribution in [0.3, 0.4) is 0 Å². The summed E-state index contributed by atoms with van der Waals surface area (Å²) in [4.78, 5) is 6.33. The quantitative estimate of drug-likeness (QED) is 0.859. The minimum Gasteiger partial charge on any atom is -0.490 e. The van der Waals surface area contributed by atoms with Crippen LogP contribution >= 0.6 is 11.6 Å². The van der Waals surface area contributed by atoms with Crippen molar-refractivity contribution in [1.82, 2.24) is 4.98 Å². The maximum atomic E-state index is 6.19. The maximum absolute atomic E-state index is 6.19. The summed E-state index contributed by atoms with van der Waals surface area (Å²) in [5, 5.41) is 0.718. The highest BCUT2D eigenvalue weighted by atomic mass is 35.5. The van der Waals surface area contributed by atoms with Crippen LogP contribution in [-0.4, -0.2) is 24.2 Å². The van der Waals surface area contributed by atoms with E-state index >= 15 is 0 Å². The predicted molar refractivity (Wildman–Crippen MR) is 81.6 cm³/mol. The molecule has 0 saturated carbocycles. The molecule has 1 fully saturated rings. The maximum Gasteiger partial charge on any atom is 0.119 e. The van der Waals surface area contributed by atoms with Crippen LogP contribution < -0.4 is 9.64 Å². The Morgan fingerprint density at radius 3 is 2.55 bits per heavy atom. The second-order valence-electron chi connectivity index (χ2n) is 4.94. The molecule has 1 aliphatic rings. The summed E-state index contributed by atoms with van der Waals surface area (Å²) in [6, 6.07) is 12.0. The van der Waals surface area contributed by atoms with Gasteiger partial charge in [-0.3, -0.25) is 4.98 Å². The summed E-state index contributed by atoms with van der Waals surface area (Å²) >= 11 is 6.19. The van der Waals surface area contributed by atoms with Gasteiger partial charge in [0.25, 0.3) is 0 Å². The third-order valence-electron chi connectivity index (χ3n) is 3.58. The molecule has 20 heavy (non-hydrogen) atoms. The van der Waals surface area contributed by atoms with Gasteiger partial charge in [-0.2, -0.15) is 0 Å².